The first-order chi connectivity index (χ1) is 13.3. The normalized spacial score (nSPS) is 12.9. The van der Waals surface area contributed by atoms with Crippen LogP contribution in [0.5, 0.6) is 0 Å². The number of carbonyl (C=O) groups excluding carboxylic acids is 1. The molecule has 7 heteroatoms. The van der Waals surface area contributed by atoms with Crippen LogP contribution in [0.3, 0.4) is 0 Å². The summed E-state index contributed by atoms with van der Waals surface area (Å²) in [6.07, 6.45) is 0. The highest BCUT2D eigenvalue weighted by molar-refractivity contribution is 7.89. The van der Waals surface area contributed by atoms with Crippen molar-refractivity contribution in [2.75, 3.05) is 33.7 Å². The summed E-state index contributed by atoms with van der Waals surface area (Å²) in [6, 6.07) is 16.3. The van der Waals surface area contributed by atoms with E-state index in [0.717, 1.165) is 5.56 Å². The zero-order valence-corrected chi connectivity index (χ0v) is 17.8. The Balaban J connectivity index is 2.17. The van der Waals surface area contributed by atoms with Gasteiger partial charge in [-0.15, -0.1) is 0 Å². The van der Waals surface area contributed by atoms with Crippen molar-refractivity contribution in [2.24, 2.45) is 0 Å². The first kappa shape index (κ1) is 22.1. The Bertz CT molecular complexity index is 879. The van der Waals surface area contributed by atoms with Gasteiger partial charge in [0.2, 0.25) is 10.0 Å². The zero-order chi connectivity index (χ0) is 20.7. The van der Waals surface area contributed by atoms with Crippen molar-refractivity contribution in [3.63, 3.8) is 0 Å². The first-order valence-electron chi connectivity index (χ1n) is 9.54. The summed E-state index contributed by atoms with van der Waals surface area (Å²) in [7, 11) is 0.490. The van der Waals surface area contributed by atoms with Crippen LogP contribution in [0.1, 0.15) is 35.8 Å². The largest absolute Gasteiger partial charge is 0.346 e. The van der Waals surface area contributed by atoms with Crippen LogP contribution >= 0.6 is 0 Å². The maximum absolute atomic E-state index is 12.7. The van der Waals surface area contributed by atoms with Crippen LogP contribution < -0.4 is 10.2 Å². The van der Waals surface area contributed by atoms with Gasteiger partial charge >= 0.3 is 0 Å². The number of nitrogens with zero attached hydrogens (tertiary/aromatic N) is 1. The van der Waals surface area contributed by atoms with Crippen LogP contribution in [0.25, 0.3) is 0 Å². The summed E-state index contributed by atoms with van der Waals surface area (Å²) in [5.41, 5.74) is 1.48. The first-order valence-corrected chi connectivity index (χ1v) is 11.0. The highest BCUT2D eigenvalue weighted by Gasteiger charge is 2.23. The van der Waals surface area contributed by atoms with Crippen molar-refractivity contribution >= 4 is 15.9 Å². The highest BCUT2D eigenvalue weighted by Crippen LogP contribution is 2.17. The molecule has 152 valence electrons. The molecular formula is C21H30N3O3S+. The molecule has 0 aliphatic carbocycles. The van der Waals surface area contributed by atoms with Crippen LogP contribution in [-0.2, 0) is 10.0 Å². The van der Waals surface area contributed by atoms with Gasteiger partial charge in [-0.05, 0) is 18.2 Å². The molecule has 0 spiro atoms. The predicted octanol–water partition coefficient (Wildman–Crippen LogP) is 1.33. The van der Waals surface area contributed by atoms with E-state index in [-0.39, 0.29) is 16.8 Å². The average molecular weight is 405 g/mol. The average Bonchev–Trinajstić information content (AvgIpc) is 2.69. The molecule has 6 nitrogen and oxygen atoms in total. The molecule has 0 bridgehead atoms. The molecule has 0 aromatic heterocycles. The minimum Gasteiger partial charge on any atom is -0.346 e. The fraction of sp³-hybridized carbons (Fsp3) is 0.381. The van der Waals surface area contributed by atoms with Gasteiger partial charge < -0.3 is 10.2 Å². The number of rotatable bonds is 9. The third-order valence-electron chi connectivity index (χ3n) is 4.81. The van der Waals surface area contributed by atoms with Gasteiger partial charge in [0.15, 0.2) is 0 Å². The van der Waals surface area contributed by atoms with Gasteiger partial charge in [-0.25, -0.2) is 8.42 Å². The molecule has 0 unspecified atom stereocenters. The van der Waals surface area contributed by atoms with Gasteiger partial charge in [-0.3, -0.25) is 4.79 Å². The van der Waals surface area contributed by atoms with E-state index in [4.69, 9.17) is 0 Å². The second-order valence-corrected chi connectivity index (χ2v) is 8.81. The van der Waals surface area contributed by atoms with Gasteiger partial charge in [0.1, 0.15) is 6.04 Å². The molecule has 2 aromatic rings. The van der Waals surface area contributed by atoms with Gasteiger partial charge in [-0.1, -0.05) is 50.2 Å². The molecule has 2 rings (SSSR count). The Labute approximate surface area is 168 Å². The number of quaternary nitrogens is 1. The molecular weight excluding hydrogens is 374 g/mol. The monoisotopic (exact) mass is 404 g/mol. The topological polar surface area (TPSA) is 70.9 Å². The predicted molar refractivity (Wildman–Crippen MR) is 111 cm³/mol. The number of hydrogen-bond acceptors (Lipinski definition) is 3. The smallest absolute Gasteiger partial charge is 0.251 e. The van der Waals surface area contributed by atoms with Crippen LogP contribution in [0.2, 0.25) is 0 Å². The third-order valence-corrected chi connectivity index (χ3v) is 6.85. The second kappa shape index (κ2) is 9.82. The molecule has 2 N–H and O–H groups in total. The van der Waals surface area contributed by atoms with Crippen LogP contribution in [0.15, 0.2) is 59.5 Å². The summed E-state index contributed by atoms with van der Waals surface area (Å²) in [5, 5.41) is 2.95. The molecule has 1 atom stereocenters. The number of sulfonamides is 1. The summed E-state index contributed by atoms with van der Waals surface area (Å²) in [6.45, 7) is 4.83. The van der Waals surface area contributed by atoms with E-state index in [9.17, 15) is 13.2 Å². The SMILES string of the molecule is CCN(CC)S(=O)(=O)c1cccc(C(=O)NC[C@H](c2ccccc2)[NH+](C)C)c1. The number of benzene rings is 2. The molecule has 0 radical (unpaired) electrons. The number of carbonyl (C=O) groups is 1. The molecule has 0 saturated carbocycles. The minimum atomic E-state index is -3.60. The Morgan fingerprint density at radius 3 is 2.25 bits per heavy atom. The van der Waals surface area contributed by atoms with E-state index in [2.05, 4.69) is 5.32 Å². The summed E-state index contributed by atoms with van der Waals surface area (Å²) in [5.74, 6) is -0.279. The van der Waals surface area contributed by atoms with Crippen molar-refractivity contribution in [2.45, 2.75) is 24.8 Å². The molecule has 2 aromatic carbocycles. The molecule has 0 aliphatic rings. The lowest BCUT2D eigenvalue weighted by molar-refractivity contribution is -0.890. The maximum Gasteiger partial charge on any atom is 0.251 e. The lowest BCUT2D eigenvalue weighted by atomic mass is 10.1. The fourth-order valence-corrected chi connectivity index (χ4v) is 4.65. The van der Waals surface area contributed by atoms with Gasteiger partial charge in [0.05, 0.1) is 25.5 Å². The van der Waals surface area contributed by atoms with Gasteiger partial charge in [0.25, 0.3) is 5.91 Å². The van der Waals surface area contributed by atoms with Crippen LogP contribution in [0, 0.1) is 0 Å². The lowest BCUT2D eigenvalue weighted by Gasteiger charge is -2.22. The van der Waals surface area contributed by atoms with Crippen molar-refractivity contribution in [3.05, 3.63) is 65.7 Å². The number of hydrogen-bond donors (Lipinski definition) is 2. The summed E-state index contributed by atoms with van der Waals surface area (Å²) in [4.78, 5) is 14.0. The fourth-order valence-electron chi connectivity index (χ4n) is 3.15. The standard InChI is InChI=1S/C21H29N3O3S/c1-5-24(6-2)28(26,27)19-14-10-13-18(15-19)21(25)22-16-20(23(3)4)17-11-8-7-9-12-17/h7-15,20H,5-6,16H2,1-4H3,(H,22,25)/p+1/t20-/m1/s1. The Kier molecular flexibility index (Phi) is 7.74. The molecule has 0 aliphatic heterocycles. The zero-order valence-electron chi connectivity index (χ0n) is 17.0. The van der Waals surface area contributed by atoms with Crippen molar-refractivity contribution < 1.29 is 18.1 Å². The molecule has 28 heavy (non-hydrogen) atoms. The molecule has 1 amide bonds. The summed E-state index contributed by atoms with van der Waals surface area (Å²) >= 11 is 0. The van der Waals surface area contributed by atoms with Crippen LogP contribution in [-0.4, -0.2) is 52.4 Å². The van der Waals surface area contributed by atoms with E-state index >= 15 is 0 Å². The van der Waals surface area contributed by atoms with E-state index in [0.29, 0.717) is 25.2 Å². The quantitative estimate of drug-likeness (QED) is 0.663. The van der Waals surface area contributed by atoms with Gasteiger partial charge in [0, 0.05) is 24.2 Å². The summed E-state index contributed by atoms with van der Waals surface area (Å²) < 4.78 is 26.8. The number of likely N-dealkylation sites (N-methyl/N-ethyl adjacent to an activating group) is 1. The Morgan fingerprint density at radius 2 is 1.68 bits per heavy atom. The minimum absolute atomic E-state index is 0.104. The van der Waals surface area contributed by atoms with E-state index < -0.39 is 10.0 Å². The Morgan fingerprint density at radius 1 is 1.04 bits per heavy atom. The maximum atomic E-state index is 12.7. The van der Waals surface area contributed by atoms with E-state index in [1.54, 1.807) is 26.0 Å². The second-order valence-electron chi connectivity index (χ2n) is 6.87. The Hall–Kier alpha value is -2.22. The van der Waals surface area contributed by atoms with Crippen molar-refractivity contribution in [1.82, 2.24) is 9.62 Å². The third kappa shape index (κ3) is 5.19. The number of amides is 1. The number of nitrogens with one attached hydrogen (secondary N) is 2. The lowest BCUT2D eigenvalue weighted by Crippen LogP contribution is -3.07. The van der Waals surface area contributed by atoms with Crippen LogP contribution in [0.4, 0.5) is 0 Å². The van der Waals surface area contributed by atoms with Crippen molar-refractivity contribution in [3.8, 4) is 0 Å². The van der Waals surface area contributed by atoms with E-state index in [1.807, 2.05) is 44.4 Å². The molecule has 0 fully saturated rings. The van der Waals surface area contributed by atoms with Crippen molar-refractivity contribution in [1.29, 1.82) is 0 Å². The molecule has 0 saturated heterocycles. The van der Waals surface area contributed by atoms with Gasteiger partial charge in [-0.2, -0.15) is 4.31 Å². The highest BCUT2D eigenvalue weighted by atomic mass is 32.2. The molecule has 0 heterocycles. The van der Waals surface area contributed by atoms with E-state index in [1.165, 1.54) is 21.3 Å².